The van der Waals surface area contributed by atoms with Crippen LogP contribution in [-0.4, -0.2) is 47.9 Å². The zero-order chi connectivity index (χ0) is 17.9. The van der Waals surface area contributed by atoms with Gasteiger partial charge in [-0.1, -0.05) is 45.2 Å². The van der Waals surface area contributed by atoms with Gasteiger partial charge < -0.3 is 18.9 Å². The van der Waals surface area contributed by atoms with Gasteiger partial charge in [-0.25, -0.2) is 0 Å². The highest BCUT2D eigenvalue weighted by Gasteiger charge is 2.93. The number of hydrogen-bond acceptors (Lipinski definition) is 4. The lowest BCUT2D eigenvalue weighted by Crippen LogP contribution is -2.53. The first-order valence-corrected chi connectivity index (χ1v) is 12.5. The third-order valence-electron chi connectivity index (χ3n) is 10.6. The van der Waals surface area contributed by atoms with Crippen molar-refractivity contribution in [3.05, 3.63) is 0 Å². The van der Waals surface area contributed by atoms with Crippen molar-refractivity contribution >= 4 is 45.2 Å². The van der Waals surface area contributed by atoms with Crippen molar-refractivity contribution in [2.24, 2.45) is 71.0 Å². The van der Waals surface area contributed by atoms with Crippen LogP contribution in [0, 0.1) is 71.0 Å². The minimum atomic E-state index is -0.339. The van der Waals surface area contributed by atoms with E-state index in [1.54, 1.807) is 0 Å². The quantitative estimate of drug-likeness (QED) is 0.221. The fourth-order valence-electron chi connectivity index (χ4n) is 10.8. The Hall–Kier alpha value is 1.30. The van der Waals surface area contributed by atoms with Crippen LogP contribution < -0.4 is 0 Å². The summed E-state index contributed by atoms with van der Waals surface area (Å²) in [4.78, 5) is 0. The molecule has 26 heavy (non-hydrogen) atoms. The van der Waals surface area contributed by atoms with E-state index in [2.05, 4.69) is 45.2 Å². The SMILES string of the molecule is COC1(OC)C2C3C(I)C4C5C(I)C3C1C1C2C2C1C5C(OC)(OC)C42. The Kier molecular flexibility index (Phi) is 3.14. The summed E-state index contributed by atoms with van der Waals surface area (Å²) in [6, 6.07) is 0. The molecule has 0 N–H and O–H groups in total. The summed E-state index contributed by atoms with van der Waals surface area (Å²) >= 11 is 5.63. The van der Waals surface area contributed by atoms with E-state index in [9.17, 15) is 0 Å². The predicted octanol–water partition coefficient (Wildman–Crippen LogP) is 3.06. The molecule has 6 fully saturated rings. The van der Waals surface area contributed by atoms with Crippen LogP contribution in [0.25, 0.3) is 0 Å². The molecule has 144 valence electrons. The summed E-state index contributed by atoms with van der Waals surface area (Å²) in [6.07, 6.45) is 0. The molecule has 0 aromatic carbocycles. The summed E-state index contributed by atoms with van der Waals surface area (Å²) in [5, 5.41) is 0. The van der Waals surface area contributed by atoms with Gasteiger partial charge in [0.15, 0.2) is 11.6 Å². The molecule has 6 rings (SSSR count). The van der Waals surface area contributed by atoms with Crippen molar-refractivity contribution < 1.29 is 18.9 Å². The van der Waals surface area contributed by atoms with E-state index >= 15 is 0 Å². The third kappa shape index (κ3) is 1.25. The zero-order valence-corrected chi connectivity index (χ0v) is 19.8. The molecule has 6 saturated carbocycles. The van der Waals surface area contributed by atoms with Crippen LogP contribution >= 0.6 is 45.2 Å². The number of hydrogen-bond donors (Lipinski definition) is 0. The zero-order valence-electron chi connectivity index (χ0n) is 15.5. The molecule has 8 atom stereocenters. The molecule has 0 radical (unpaired) electrons. The van der Waals surface area contributed by atoms with Crippen LogP contribution in [0.15, 0.2) is 0 Å². The fraction of sp³-hybridized carbons (Fsp3) is 1.00. The molecule has 6 aliphatic rings. The maximum atomic E-state index is 6.30. The van der Waals surface area contributed by atoms with Crippen molar-refractivity contribution in [2.45, 2.75) is 19.4 Å². The molecule has 6 aliphatic carbocycles. The van der Waals surface area contributed by atoms with E-state index in [4.69, 9.17) is 18.9 Å². The molecule has 0 saturated heterocycles. The first-order chi connectivity index (χ1) is 12.6. The van der Waals surface area contributed by atoms with E-state index in [0.717, 1.165) is 47.3 Å². The van der Waals surface area contributed by atoms with Crippen molar-refractivity contribution in [3.8, 4) is 0 Å². The van der Waals surface area contributed by atoms with Crippen LogP contribution in [0.3, 0.4) is 0 Å². The van der Waals surface area contributed by atoms with Gasteiger partial charge in [0.05, 0.1) is 0 Å². The smallest absolute Gasteiger partial charge is 0.174 e. The Morgan fingerprint density at radius 2 is 0.692 bits per heavy atom. The molecule has 0 aromatic heterocycles. The van der Waals surface area contributed by atoms with Gasteiger partial charge in [-0.2, -0.15) is 0 Å². The third-order valence-corrected chi connectivity index (χ3v) is 13.9. The van der Waals surface area contributed by atoms with Gasteiger partial charge in [0, 0.05) is 60.0 Å². The minimum Gasteiger partial charge on any atom is -0.353 e. The fourth-order valence-corrected chi connectivity index (χ4v) is 14.5. The molecule has 6 heteroatoms. The molecule has 4 bridgehead atoms. The number of ether oxygens (including phenoxy) is 4. The summed E-state index contributed by atoms with van der Waals surface area (Å²) in [5.41, 5.74) is 0. The van der Waals surface area contributed by atoms with Crippen molar-refractivity contribution in [1.29, 1.82) is 0 Å². The highest BCUT2D eigenvalue weighted by molar-refractivity contribution is 14.1. The van der Waals surface area contributed by atoms with Crippen LogP contribution in [0.1, 0.15) is 0 Å². The molecule has 0 aromatic rings. The van der Waals surface area contributed by atoms with Crippen molar-refractivity contribution in [2.75, 3.05) is 28.4 Å². The number of halogens is 2. The maximum Gasteiger partial charge on any atom is 0.174 e. The Labute approximate surface area is 182 Å². The van der Waals surface area contributed by atoms with Gasteiger partial charge in [0.2, 0.25) is 0 Å². The van der Waals surface area contributed by atoms with Gasteiger partial charge in [0.25, 0.3) is 0 Å². The monoisotopic (exact) mass is 584 g/mol. The molecule has 0 spiro atoms. The van der Waals surface area contributed by atoms with Gasteiger partial charge >= 0.3 is 0 Å². The number of rotatable bonds is 4. The highest BCUT2D eigenvalue weighted by Crippen LogP contribution is 2.90. The van der Waals surface area contributed by atoms with E-state index in [1.165, 1.54) is 0 Å². The van der Waals surface area contributed by atoms with Crippen LogP contribution in [0.5, 0.6) is 0 Å². The number of alkyl halides is 2. The van der Waals surface area contributed by atoms with Crippen molar-refractivity contribution in [3.63, 3.8) is 0 Å². The highest BCUT2D eigenvalue weighted by atomic mass is 127. The molecular weight excluding hydrogens is 558 g/mol. The van der Waals surface area contributed by atoms with Crippen molar-refractivity contribution in [1.82, 2.24) is 0 Å². The normalized spacial score (nSPS) is 68.1. The minimum absolute atomic E-state index is 0.339. The van der Waals surface area contributed by atoms with Gasteiger partial charge in [-0.3, -0.25) is 0 Å². The van der Waals surface area contributed by atoms with Gasteiger partial charge in [0.1, 0.15) is 0 Å². The second-order valence-corrected chi connectivity index (χ2v) is 12.7. The number of fused-ring (bicyclic) bond motifs is 18. The molecule has 0 amide bonds. The maximum absolute atomic E-state index is 6.30. The molecule has 0 aliphatic heterocycles. The van der Waals surface area contributed by atoms with E-state index in [-0.39, 0.29) is 11.6 Å². The molecular formula is C20H26I2O4. The topological polar surface area (TPSA) is 36.9 Å². The largest absolute Gasteiger partial charge is 0.353 e. The lowest BCUT2D eigenvalue weighted by atomic mass is 9.48. The average molecular weight is 584 g/mol. The van der Waals surface area contributed by atoms with E-state index < -0.39 is 0 Å². The van der Waals surface area contributed by atoms with Gasteiger partial charge in [-0.15, -0.1) is 0 Å². The first kappa shape index (κ1) is 17.0. The van der Waals surface area contributed by atoms with Gasteiger partial charge in [-0.05, 0) is 47.3 Å². The summed E-state index contributed by atoms with van der Waals surface area (Å²) < 4.78 is 26.6. The Balaban J connectivity index is 1.53. The predicted molar refractivity (Wildman–Crippen MR) is 111 cm³/mol. The van der Waals surface area contributed by atoms with Crippen LogP contribution in [0.4, 0.5) is 0 Å². The van der Waals surface area contributed by atoms with Crippen LogP contribution in [0.2, 0.25) is 0 Å². The molecule has 8 unspecified atom stereocenters. The van der Waals surface area contributed by atoms with E-state index in [1.807, 2.05) is 28.4 Å². The Bertz CT molecular complexity index is 579. The lowest BCUT2D eigenvalue weighted by Gasteiger charge is -2.55. The number of methoxy groups -OCH3 is 4. The first-order valence-electron chi connectivity index (χ1n) is 10.0. The summed E-state index contributed by atoms with van der Waals surface area (Å²) in [5.74, 6) is 7.57. The Morgan fingerprint density at radius 3 is 0.885 bits per heavy atom. The second kappa shape index (κ2) is 4.79. The van der Waals surface area contributed by atoms with E-state index in [0.29, 0.717) is 31.5 Å². The summed E-state index contributed by atoms with van der Waals surface area (Å²) in [7, 11) is 7.61. The molecule has 0 heterocycles. The Morgan fingerprint density at radius 1 is 0.462 bits per heavy atom. The molecule has 4 nitrogen and oxygen atoms in total. The standard InChI is InChI=1S/C20H26I2O4/c1-23-19(24-2)13-5-6-8-7(5)15-11-12(16(8)20(15,25-3)26-4)18(22)10(14(6)19)9(13)17(11)21/h5-18H,1-4H3. The average Bonchev–Trinajstić information content (AvgIpc) is 3.27. The lowest BCUT2D eigenvalue weighted by molar-refractivity contribution is -0.248. The summed E-state index contributed by atoms with van der Waals surface area (Å²) in [6.45, 7) is 0. The van der Waals surface area contributed by atoms with Crippen LogP contribution in [-0.2, 0) is 18.9 Å². The second-order valence-electron chi connectivity index (χ2n) is 9.87.